The van der Waals surface area contributed by atoms with Crippen molar-refractivity contribution in [2.24, 2.45) is 0 Å². The Hall–Kier alpha value is -14.9. The number of benzene rings is 17. The molecular weight excluding hydrogens is 1380 g/mol. The van der Waals surface area contributed by atoms with E-state index in [9.17, 15) is 0 Å². The minimum Gasteiger partial charge on any atom is -0.454 e. The van der Waals surface area contributed by atoms with Crippen molar-refractivity contribution in [1.82, 2.24) is 4.40 Å². The fraction of sp³-hybridized carbons (Fsp3) is 0. The van der Waals surface area contributed by atoms with E-state index in [-0.39, 0.29) is 13.4 Å². The van der Waals surface area contributed by atoms with E-state index < -0.39 is 0 Å². The first-order valence-electron chi connectivity index (χ1n) is 38.9. The Bertz CT molecular complexity index is 6980. The van der Waals surface area contributed by atoms with Gasteiger partial charge in [-0.25, -0.2) is 0 Å². The lowest BCUT2D eigenvalue weighted by atomic mass is 9.33. The molecule has 0 aliphatic carbocycles. The van der Waals surface area contributed by atoms with Crippen molar-refractivity contribution in [2.75, 3.05) is 29.4 Å². The summed E-state index contributed by atoms with van der Waals surface area (Å²) in [5.74, 6) is 0. The van der Waals surface area contributed by atoms with E-state index in [1.807, 2.05) is 0 Å². The van der Waals surface area contributed by atoms with Gasteiger partial charge < -0.3 is 42.6 Å². The maximum atomic E-state index is 7.29. The highest BCUT2D eigenvalue weighted by Crippen LogP contribution is 2.55. The van der Waals surface area contributed by atoms with Gasteiger partial charge in [0.15, 0.2) is 11.2 Å². The highest BCUT2D eigenvalue weighted by atomic mass is 16.3. The van der Waals surface area contributed by atoms with Gasteiger partial charge in [-0.15, -0.1) is 0 Å². The van der Waals surface area contributed by atoms with Gasteiger partial charge in [0.25, 0.3) is 13.4 Å². The van der Waals surface area contributed by atoms with Gasteiger partial charge in [-0.05, 0) is 178 Å². The van der Waals surface area contributed by atoms with Gasteiger partial charge in [0.2, 0.25) is 0 Å². The number of para-hydroxylation sites is 13. The summed E-state index contributed by atoms with van der Waals surface area (Å²) in [4.78, 5) is 15.0. The molecule has 0 saturated heterocycles. The van der Waals surface area contributed by atoms with Gasteiger partial charge in [0.1, 0.15) is 11.2 Å². The highest BCUT2D eigenvalue weighted by Gasteiger charge is 2.48. The Morgan fingerprint density at radius 1 is 0.212 bits per heavy atom. The van der Waals surface area contributed by atoms with Crippen LogP contribution >= 0.6 is 0 Å². The lowest BCUT2D eigenvalue weighted by molar-refractivity contribution is 0.669. The van der Waals surface area contributed by atoms with Crippen LogP contribution < -0.4 is 62.2 Å². The third kappa shape index (κ3) is 8.84. The minimum absolute atomic E-state index is 0.207. The number of fused-ring (bicyclic) bond motifs is 20. The van der Waals surface area contributed by atoms with Crippen molar-refractivity contribution < 1.29 is 8.83 Å². The van der Waals surface area contributed by atoms with Crippen molar-refractivity contribution in [2.45, 2.75) is 0 Å². The summed E-state index contributed by atoms with van der Waals surface area (Å²) in [7, 11) is 0. The van der Waals surface area contributed by atoms with E-state index in [4.69, 9.17) is 8.83 Å². The Morgan fingerprint density at radius 3 is 0.938 bits per heavy atom. The van der Waals surface area contributed by atoms with Crippen LogP contribution in [0, 0.1) is 0 Å². The number of furan rings is 2. The molecular formula is C102H63B2N7O2. The summed E-state index contributed by atoms with van der Waals surface area (Å²) in [5.41, 5.74) is 33.0. The Labute approximate surface area is 651 Å². The van der Waals surface area contributed by atoms with Gasteiger partial charge in [-0.3, -0.25) is 0 Å². The quantitative estimate of drug-likeness (QED) is 0.126. The Morgan fingerprint density at radius 2 is 0.531 bits per heavy atom. The van der Waals surface area contributed by atoms with Gasteiger partial charge in [-0.2, -0.15) is 0 Å². The summed E-state index contributed by atoms with van der Waals surface area (Å²) < 4.78 is 17.2. The first-order valence-corrected chi connectivity index (χ1v) is 38.9. The summed E-state index contributed by atoms with van der Waals surface area (Å²) in [6.45, 7) is -0.413. The number of anilines is 18. The Kier molecular flexibility index (Phi) is 13.1. The molecule has 0 bridgehead atoms. The topological polar surface area (TPSA) is 50.1 Å². The maximum Gasteiger partial charge on any atom is 0.252 e. The first kappa shape index (κ1) is 62.0. The average molecular weight is 1440 g/mol. The van der Waals surface area contributed by atoms with Crippen molar-refractivity contribution in [3.63, 3.8) is 0 Å². The third-order valence-electron chi connectivity index (χ3n) is 24.3. The summed E-state index contributed by atoms with van der Waals surface area (Å²) in [5, 5.41) is 9.01. The normalized spacial score (nSPS) is 13.2. The molecule has 0 amide bonds. The molecule has 0 saturated carbocycles. The number of hydrogen-bond acceptors (Lipinski definition) is 8. The van der Waals surface area contributed by atoms with Crippen LogP contribution in [0.3, 0.4) is 0 Å². The molecule has 0 radical (unpaired) electrons. The molecule has 0 spiro atoms. The molecule has 8 heterocycles. The van der Waals surface area contributed by atoms with E-state index >= 15 is 0 Å². The van der Waals surface area contributed by atoms with Gasteiger partial charge in [0.05, 0.1) is 39.3 Å². The molecule has 524 valence electrons. The van der Waals surface area contributed by atoms with Crippen molar-refractivity contribution in [3.8, 4) is 0 Å². The van der Waals surface area contributed by atoms with E-state index in [0.717, 1.165) is 157 Å². The van der Waals surface area contributed by atoms with E-state index in [0.29, 0.717) is 0 Å². The van der Waals surface area contributed by atoms with Gasteiger partial charge in [-0.1, -0.05) is 237 Å². The monoisotopic (exact) mass is 1440 g/mol. The molecule has 9 nitrogen and oxygen atoms in total. The molecule has 0 unspecified atom stereocenters. The smallest absolute Gasteiger partial charge is 0.252 e. The van der Waals surface area contributed by atoms with Gasteiger partial charge in [0, 0.05) is 123 Å². The number of nitrogens with zero attached hydrogens (tertiary/aromatic N) is 7. The fourth-order valence-corrected chi connectivity index (χ4v) is 19.8. The van der Waals surface area contributed by atoms with Crippen molar-refractivity contribution in [1.29, 1.82) is 0 Å². The Balaban J connectivity index is 0.808. The maximum absolute atomic E-state index is 7.29. The predicted octanol–water partition coefficient (Wildman–Crippen LogP) is 23.7. The molecule has 17 aromatic carbocycles. The van der Waals surface area contributed by atoms with E-state index in [2.05, 4.69) is 416 Å². The number of aromatic nitrogens is 1. The molecule has 4 aliphatic rings. The lowest BCUT2D eigenvalue weighted by Crippen LogP contribution is -2.61. The van der Waals surface area contributed by atoms with Crippen LogP contribution in [0.1, 0.15) is 0 Å². The standard InChI is InChI=1S/C102H63B2N7O2/c1-7-30-64(31-8-1)105(65-32-9-2-10-33-65)70-56-92-98-94(58-70)109(86-52-28-46-76-72-42-19-25-54-96(72)112-101(76)86)90-62-88-78(60-82(90)103(98)80-48-21-23-50-84(80)107(92)68-38-15-5-16-39-68)74-44-27-45-75-79-61-83-91(63-89(79)111(88)100(74)75)110(87-53-29-47-77-73-43-20-26-55-97(73)113-102(77)87)95-59-71(106(66-34-11-3-12-35-66)67-36-13-4-14-37-67)57-93-99(95)104(83)81-49-22-24-51-85(81)108(93)69-40-17-6-18-41-69/h1-63H. The number of rotatable bonds is 10. The van der Waals surface area contributed by atoms with Crippen LogP contribution in [0.4, 0.5) is 102 Å². The molecule has 21 aromatic rings. The molecule has 113 heavy (non-hydrogen) atoms. The second-order valence-electron chi connectivity index (χ2n) is 30.2. The molecule has 25 rings (SSSR count). The van der Waals surface area contributed by atoms with Crippen LogP contribution in [0.2, 0.25) is 0 Å². The molecule has 4 aromatic heterocycles. The second-order valence-corrected chi connectivity index (χ2v) is 30.2. The molecule has 0 N–H and O–H groups in total. The van der Waals surface area contributed by atoms with E-state index in [1.165, 1.54) is 59.8 Å². The zero-order valence-corrected chi connectivity index (χ0v) is 61.0. The zero-order chi connectivity index (χ0) is 73.7. The summed E-state index contributed by atoms with van der Waals surface area (Å²) >= 11 is 0. The minimum atomic E-state index is -0.207. The van der Waals surface area contributed by atoms with Crippen LogP contribution in [0.25, 0.3) is 82.0 Å². The van der Waals surface area contributed by atoms with Crippen molar-refractivity contribution >= 4 is 231 Å². The lowest BCUT2D eigenvalue weighted by Gasteiger charge is -2.45. The van der Waals surface area contributed by atoms with Crippen LogP contribution in [0.15, 0.2) is 391 Å². The molecule has 11 heteroatoms. The third-order valence-corrected chi connectivity index (χ3v) is 24.3. The van der Waals surface area contributed by atoms with Crippen LogP contribution in [0.5, 0.6) is 0 Å². The molecule has 0 atom stereocenters. The summed E-state index contributed by atoms with van der Waals surface area (Å²) in [6, 6.07) is 141. The van der Waals surface area contributed by atoms with E-state index in [1.54, 1.807) is 0 Å². The average Bonchev–Trinajstić information content (AvgIpc) is 0.803. The largest absolute Gasteiger partial charge is 0.454 e. The summed E-state index contributed by atoms with van der Waals surface area (Å²) in [6.07, 6.45) is 0. The van der Waals surface area contributed by atoms with Crippen LogP contribution in [-0.4, -0.2) is 17.8 Å². The van der Waals surface area contributed by atoms with Gasteiger partial charge >= 0.3 is 0 Å². The molecule has 0 fully saturated rings. The second kappa shape index (κ2) is 23.8. The number of hydrogen-bond donors (Lipinski definition) is 0. The highest BCUT2D eigenvalue weighted by molar-refractivity contribution is 7.01. The van der Waals surface area contributed by atoms with Crippen molar-refractivity contribution in [3.05, 3.63) is 382 Å². The van der Waals surface area contributed by atoms with Crippen LogP contribution in [-0.2, 0) is 0 Å². The SMILES string of the molecule is c1ccc(N(c2ccccc2)c2cc3c4c(c2)N(c2cccc5c2oc2ccccc25)c2cc5c(cc2B4c2ccccc2N3c2ccccc2)c2cccc3c4cc6c(cc4n5c23)N(c2cccc3c2oc2ccccc23)c2cc(N(c3ccccc3)c3ccccc3)cc3c2B6c2ccccc2N3c2ccccc2)cc1. The predicted molar refractivity (Wildman–Crippen MR) is 473 cm³/mol. The first-order chi connectivity index (χ1) is 56.1. The fourth-order valence-electron chi connectivity index (χ4n) is 19.8. The molecule has 4 aliphatic heterocycles. The zero-order valence-electron chi connectivity index (χ0n) is 61.0.